The molecule has 0 aliphatic heterocycles. The van der Waals surface area contributed by atoms with Crippen molar-refractivity contribution in [3.05, 3.63) is 54.0 Å². The quantitative estimate of drug-likeness (QED) is 0.640. The summed E-state index contributed by atoms with van der Waals surface area (Å²) in [4.78, 5) is 16.5. The molecule has 118 valence electrons. The molecule has 0 amide bonds. The number of hydrogen-bond acceptors (Lipinski definition) is 4. The maximum atomic E-state index is 12.4. The molecule has 4 heteroatoms. The van der Waals surface area contributed by atoms with E-state index in [2.05, 4.69) is 4.98 Å². The first kappa shape index (κ1) is 15.3. The van der Waals surface area contributed by atoms with Gasteiger partial charge in [0.05, 0.1) is 0 Å². The number of benzene rings is 1. The Kier molecular flexibility index (Phi) is 3.68. The van der Waals surface area contributed by atoms with Gasteiger partial charge >= 0.3 is 5.97 Å². The highest BCUT2D eigenvalue weighted by atomic mass is 16.6. The van der Waals surface area contributed by atoms with Crippen LogP contribution in [0.1, 0.15) is 36.9 Å². The number of esters is 1. The van der Waals surface area contributed by atoms with Crippen molar-refractivity contribution < 1.29 is 13.9 Å². The van der Waals surface area contributed by atoms with Crippen LogP contribution < -0.4 is 0 Å². The van der Waals surface area contributed by atoms with Crippen molar-refractivity contribution in [2.24, 2.45) is 0 Å². The average molecular weight is 309 g/mol. The molecule has 2 heterocycles. The van der Waals surface area contributed by atoms with E-state index in [0.29, 0.717) is 5.58 Å². The largest absolute Gasteiger partial charge is 0.454 e. The van der Waals surface area contributed by atoms with Gasteiger partial charge < -0.3 is 9.15 Å². The fraction of sp³-hybridized carbons (Fsp3) is 0.263. The lowest BCUT2D eigenvalue weighted by Gasteiger charge is -2.18. The molecule has 3 rings (SSSR count). The van der Waals surface area contributed by atoms with E-state index < -0.39 is 11.6 Å². The molecule has 0 saturated heterocycles. The zero-order valence-corrected chi connectivity index (χ0v) is 13.7. The number of hydrogen-bond donors (Lipinski definition) is 0. The summed E-state index contributed by atoms with van der Waals surface area (Å²) in [6, 6.07) is 9.64. The third kappa shape index (κ3) is 2.97. The molecule has 2 aromatic heterocycles. The van der Waals surface area contributed by atoms with E-state index in [1.165, 1.54) is 0 Å². The number of carbonyl (C=O) groups excluding carboxylic acids is 1. The Morgan fingerprint density at radius 3 is 2.61 bits per heavy atom. The van der Waals surface area contributed by atoms with Gasteiger partial charge in [-0.3, -0.25) is 4.98 Å². The fourth-order valence-electron chi connectivity index (χ4n) is 2.58. The smallest absolute Gasteiger partial charge is 0.375 e. The monoisotopic (exact) mass is 309 g/mol. The highest BCUT2D eigenvalue weighted by Crippen LogP contribution is 2.34. The molecule has 0 atom stereocenters. The van der Waals surface area contributed by atoms with Crippen molar-refractivity contribution >= 4 is 16.9 Å². The second kappa shape index (κ2) is 5.54. The van der Waals surface area contributed by atoms with Gasteiger partial charge in [-0.05, 0) is 45.4 Å². The third-order valence-corrected chi connectivity index (χ3v) is 3.51. The summed E-state index contributed by atoms with van der Waals surface area (Å²) in [5.41, 5.74) is 2.87. The van der Waals surface area contributed by atoms with Crippen LogP contribution in [-0.2, 0) is 4.74 Å². The molecule has 0 aliphatic rings. The number of fused-ring (bicyclic) bond motifs is 1. The molecular weight excluding hydrogens is 290 g/mol. The first-order valence-electron chi connectivity index (χ1n) is 7.53. The lowest BCUT2D eigenvalue weighted by atomic mass is 10.0. The lowest BCUT2D eigenvalue weighted by Crippen LogP contribution is -2.23. The predicted octanol–water partition coefficient (Wildman–Crippen LogP) is 4.76. The Morgan fingerprint density at radius 1 is 1.17 bits per heavy atom. The number of carbonyl (C=O) groups is 1. The van der Waals surface area contributed by atoms with E-state index >= 15 is 0 Å². The van der Waals surface area contributed by atoms with Crippen LogP contribution in [0.3, 0.4) is 0 Å². The summed E-state index contributed by atoms with van der Waals surface area (Å²) in [6.07, 6.45) is 3.53. The van der Waals surface area contributed by atoms with E-state index in [1.807, 2.05) is 58.0 Å². The van der Waals surface area contributed by atoms with E-state index in [0.717, 1.165) is 22.1 Å². The summed E-state index contributed by atoms with van der Waals surface area (Å²) in [7, 11) is 0. The Hall–Kier alpha value is -2.62. The zero-order chi connectivity index (χ0) is 16.6. The SMILES string of the molecule is Cc1c(C(=O)OC(C)(C)C)oc2cccc(-c3cccnc3)c12. The molecule has 0 N–H and O–H groups in total. The van der Waals surface area contributed by atoms with Crippen LogP contribution in [0.5, 0.6) is 0 Å². The molecule has 0 bridgehead atoms. The first-order chi connectivity index (χ1) is 10.9. The van der Waals surface area contributed by atoms with Crippen LogP contribution in [0.4, 0.5) is 0 Å². The zero-order valence-electron chi connectivity index (χ0n) is 13.7. The van der Waals surface area contributed by atoms with Crippen LogP contribution in [0.15, 0.2) is 47.1 Å². The van der Waals surface area contributed by atoms with Gasteiger partial charge in [-0.1, -0.05) is 18.2 Å². The van der Waals surface area contributed by atoms with Crippen molar-refractivity contribution in [2.75, 3.05) is 0 Å². The van der Waals surface area contributed by atoms with Crippen molar-refractivity contribution in [1.82, 2.24) is 4.98 Å². The highest BCUT2D eigenvalue weighted by Gasteiger charge is 2.25. The Bertz CT molecular complexity index is 857. The van der Waals surface area contributed by atoms with E-state index in [1.54, 1.807) is 12.4 Å². The van der Waals surface area contributed by atoms with Crippen LogP contribution in [0.2, 0.25) is 0 Å². The normalized spacial score (nSPS) is 11.7. The molecule has 0 saturated carbocycles. The van der Waals surface area contributed by atoms with Gasteiger partial charge in [-0.2, -0.15) is 0 Å². The molecule has 0 unspecified atom stereocenters. The summed E-state index contributed by atoms with van der Waals surface area (Å²) in [5, 5.41) is 0.918. The minimum absolute atomic E-state index is 0.256. The number of nitrogens with zero attached hydrogens (tertiary/aromatic N) is 1. The number of ether oxygens (including phenoxy) is 1. The Labute approximate surface area is 135 Å². The third-order valence-electron chi connectivity index (χ3n) is 3.51. The van der Waals surface area contributed by atoms with Gasteiger partial charge in [0, 0.05) is 28.9 Å². The average Bonchev–Trinajstić information content (AvgIpc) is 2.84. The first-order valence-corrected chi connectivity index (χ1v) is 7.53. The summed E-state index contributed by atoms with van der Waals surface area (Å²) in [6.45, 7) is 7.39. The van der Waals surface area contributed by atoms with E-state index in [-0.39, 0.29) is 5.76 Å². The number of aryl methyl sites for hydroxylation is 1. The van der Waals surface area contributed by atoms with Crippen LogP contribution in [-0.4, -0.2) is 16.6 Å². The molecular formula is C19H19NO3. The maximum absolute atomic E-state index is 12.4. The molecule has 0 spiro atoms. The number of aromatic nitrogens is 1. The van der Waals surface area contributed by atoms with Gasteiger partial charge in [0.2, 0.25) is 5.76 Å². The van der Waals surface area contributed by atoms with Crippen molar-refractivity contribution in [1.29, 1.82) is 0 Å². The topological polar surface area (TPSA) is 52.3 Å². The molecule has 0 fully saturated rings. The van der Waals surface area contributed by atoms with Crippen LogP contribution >= 0.6 is 0 Å². The standard InChI is InChI=1S/C19H19NO3/c1-12-16-14(13-7-6-10-20-11-13)8-5-9-15(16)22-17(12)18(21)23-19(2,3)4/h5-11H,1-4H3. The van der Waals surface area contributed by atoms with Gasteiger partial charge in [-0.15, -0.1) is 0 Å². The summed E-state index contributed by atoms with van der Waals surface area (Å²) >= 11 is 0. The van der Waals surface area contributed by atoms with Gasteiger partial charge in [0.25, 0.3) is 0 Å². The summed E-state index contributed by atoms with van der Waals surface area (Å²) in [5.74, 6) is -0.186. The van der Waals surface area contributed by atoms with E-state index in [9.17, 15) is 4.79 Å². The number of furan rings is 1. The minimum atomic E-state index is -0.561. The van der Waals surface area contributed by atoms with Crippen LogP contribution in [0, 0.1) is 6.92 Å². The minimum Gasteiger partial charge on any atom is -0.454 e. The maximum Gasteiger partial charge on any atom is 0.375 e. The molecule has 0 radical (unpaired) electrons. The second-order valence-electron chi connectivity index (χ2n) is 6.48. The molecule has 3 aromatic rings. The highest BCUT2D eigenvalue weighted by molar-refractivity contribution is 6.02. The summed E-state index contributed by atoms with van der Waals surface area (Å²) < 4.78 is 11.2. The van der Waals surface area contributed by atoms with Crippen LogP contribution in [0.25, 0.3) is 22.1 Å². The predicted molar refractivity (Wildman–Crippen MR) is 89.4 cm³/mol. The lowest BCUT2D eigenvalue weighted by molar-refractivity contribution is 0.00372. The van der Waals surface area contributed by atoms with Gasteiger partial charge in [0.1, 0.15) is 11.2 Å². The van der Waals surface area contributed by atoms with Crippen molar-refractivity contribution in [3.63, 3.8) is 0 Å². The Morgan fingerprint density at radius 2 is 1.96 bits per heavy atom. The van der Waals surface area contributed by atoms with Gasteiger partial charge in [-0.25, -0.2) is 4.79 Å². The fourth-order valence-corrected chi connectivity index (χ4v) is 2.58. The second-order valence-corrected chi connectivity index (χ2v) is 6.48. The number of pyridine rings is 1. The molecule has 1 aromatic carbocycles. The molecule has 23 heavy (non-hydrogen) atoms. The molecule has 0 aliphatic carbocycles. The van der Waals surface area contributed by atoms with Gasteiger partial charge in [0.15, 0.2) is 0 Å². The molecule has 4 nitrogen and oxygen atoms in total. The number of rotatable bonds is 2. The van der Waals surface area contributed by atoms with Crippen molar-refractivity contribution in [2.45, 2.75) is 33.3 Å². The van der Waals surface area contributed by atoms with Crippen molar-refractivity contribution in [3.8, 4) is 11.1 Å². The Balaban J connectivity index is 2.15. The van der Waals surface area contributed by atoms with E-state index in [4.69, 9.17) is 9.15 Å².